The summed E-state index contributed by atoms with van der Waals surface area (Å²) in [6.45, 7) is 1.81. The van der Waals surface area contributed by atoms with Crippen LogP contribution in [-0.2, 0) is 19.8 Å². The lowest BCUT2D eigenvalue weighted by atomic mass is 9.96. The predicted octanol–water partition coefficient (Wildman–Crippen LogP) is 6.16. The summed E-state index contributed by atoms with van der Waals surface area (Å²) >= 11 is 0. The Morgan fingerprint density at radius 2 is 1.89 bits per heavy atom. The Kier molecular flexibility index (Phi) is 8.76. The van der Waals surface area contributed by atoms with Gasteiger partial charge in [-0.1, -0.05) is 0 Å². The Morgan fingerprint density at radius 3 is 2.63 bits per heavy atom. The van der Waals surface area contributed by atoms with Crippen molar-refractivity contribution in [3.05, 3.63) is 78.3 Å². The van der Waals surface area contributed by atoms with Gasteiger partial charge in [0.2, 0.25) is 0 Å². The van der Waals surface area contributed by atoms with Gasteiger partial charge in [0.1, 0.15) is 23.7 Å². The molecule has 1 aromatic carbocycles. The lowest BCUT2D eigenvalue weighted by molar-refractivity contribution is -0.137. The summed E-state index contributed by atoms with van der Waals surface area (Å²) in [6, 6.07) is 11.8. The zero-order chi connectivity index (χ0) is 32.3. The molecule has 1 saturated carbocycles. The first-order chi connectivity index (χ1) is 22.2. The summed E-state index contributed by atoms with van der Waals surface area (Å²) in [5.74, 6) is 1.19. The van der Waals surface area contributed by atoms with E-state index < -0.39 is 17.6 Å². The van der Waals surface area contributed by atoms with Gasteiger partial charge in [-0.2, -0.15) is 23.5 Å². The van der Waals surface area contributed by atoms with E-state index in [1.807, 2.05) is 0 Å². The number of alkyl halides is 3. The Morgan fingerprint density at radius 1 is 1.04 bits per heavy atom. The fourth-order valence-corrected chi connectivity index (χ4v) is 5.02. The van der Waals surface area contributed by atoms with Crippen molar-refractivity contribution in [3.8, 4) is 45.7 Å². The third-order valence-electron chi connectivity index (χ3n) is 7.62. The topological polar surface area (TPSA) is 122 Å². The monoisotopic (exact) mass is 630 g/mol. The first kappa shape index (κ1) is 30.8. The smallest absolute Gasteiger partial charge is 0.370 e. The molecule has 4 aromatic heterocycles. The van der Waals surface area contributed by atoms with Crippen molar-refractivity contribution < 1.29 is 17.6 Å². The number of hydrogen-bond donors (Lipinski definition) is 2. The van der Waals surface area contributed by atoms with Crippen LogP contribution in [0, 0.1) is 23.1 Å². The maximum Gasteiger partial charge on any atom is 0.416 e. The quantitative estimate of drug-likeness (QED) is 0.124. The zero-order valence-corrected chi connectivity index (χ0v) is 24.9. The Labute approximate surface area is 262 Å². The standard InChI is InChI=1S/C32H30F4N10/c1-45-19-40-44-31(45)25-8-6-23(32(34,35)36)14-26(25)21-12-28(39-11-3-2-10-37)43-29(13-21)46-18-22(16-41-46)30-27(33)9-7-24(42-30)17-38-15-20-4-5-20/h6-9,12-14,16,18-20,38H,2-5,11,15,17H2,1H3,(H,39,43). The van der Waals surface area contributed by atoms with Crippen LogP contribution in [0.5, 0.6) is 0 Å². The van der Waals surface area contributed by atoms with Crippen LogP contribution >= 0.6 is 0 Å². The number of nitrogens with one attached hydrogen (secondary N) is 2. The lowest BCUT2D eigenvalue weighted by Gasteiger charge is -2.16. The van der Waals surface area contributed by atoms with E-state index in [1.54, 1.807) is 36.0 Å². The predicted molar refractivity (Wildman–Crippen MR) is 163 cm³/mol. The molecule has 2 N–H and O–H groups in total. The van der Waals surface area contributed by atoms with Crippen molar-refractivity contribution in [1.29, 1.82) is 5.26 Å². The van der Waals surface area contributed by atoms with E-state index >= 15 is 0 Å². The van der Waals surface area contributed by atoms with E-state index in [1.165, 1.54) is 42.2 Å². The van der Waals surface area contributed by atoms with Crippen LogP contribution in [0.15, 0.2) is 61.2 Å². The second-order valence-corrected chi connectivity index (χ2v) is 11.2. The molecule has 10 nitrogen and oxygen atoms in total. The minimum Gasteiger partial charge on any atom is -0.370 e. The van der Waals surface area contributed by atoms with Crippen molar-refractivity contribution in [3.63, 3.8) is 0 Å². The Bertz CT molecular complexity index is 1880. The highest BCUT2D eigenvalue weighted by molar-refractivity contribution is 5.83. The normalized spacial score (nSPS) is 13.1. The van der Waals surface area contributed by atoms with Crippen LogP contribution in [0.4, 0.5) is 23.4 Å². The molecule has 0 saturated heterocycles. The maximum atomic E-state index is 15.0. The van der Waals surface area contributed by atoms with E-state index in [0.717, 1.165) is 18.7 Å². The number of benzene rings is 1. The Hall–Kier alpha value is -5.16. The minimum atomic E-state index is -4.59. The van der Waals surface area contributed by atoms with Crippen LogP contribution in [-0.4, -0.2) is 47.6 Å². The van der Waals surface area contributed by atoms with Crippen LogP contribution in [0.2, 0.25) is 0 Å². The van der Waals surface area contributed by atoms with Gasteiger partial charge in [-0.25, -0.2) is 19.0 Å². The molecule has 6 rings (SSSR count). The highest BCUT2D eigenvalue weighted by atomic mass is 19.4. The van der Waals surface area contributed by atoms with Gasteiger partial charge in [0, 0.05) is 43.9 Å². The number of unbranched alkanes of at least 4 members (excludes halogenated alkanes) is 1. The number of aryl methyl sites for hydroxylation is 1. The van der Waals surface area contributed by atoms with E-state index in [4.69, 9.17) is 5.26 Å². The van der Waals surface area contributed by atoms with Crippen LogP contribution < -0.4 is 10.6 Å². The maximum absolute atomic E-state index is 15.0. The van der Waals surface area contributed by atoms with Crippen molar-refractivity contribution in [2.24, 2.45) is 13.0 Å². The average Bonchev–Trinajstić information content (AvgIpc) is 3.55. The molecule has 1 fully saturated rings. The third-order valence-corrected chi connectivity index (χ3v) is 7.62. The minimum absolute atomic E-state index is 0.130. The largest absolute Gasteiger partial charge is 0.416 e. The Balaban J connectivity index is 1.40. The molecule has 14 heteroatoms. The van der Waals surface area contributed by atoms with E-state index in [-0.39, 0.29) is 17.1 Å². The first-order valence-electron chi connectivity index (χ1n) is 14.8. The van der Waals surface area contributed by atoms with Gasteiger partial charge < -0.3 is 15.2 Å². The molecule has 0 bridgehead atoms. The van der Waals surface area contributed by atoms with Crippen LogP contribution in [0.25, 0.3) is 39.6 Å². The molecule has 0 radical (unpaired) electrons. The van der Waals surface area contributed by atoms with Crippen molar-refractivity contribution in [2.45, 2.75) is 38.4 Å². The van der Waals surface area contributed by atoms with Crippen molar-refractivity contribution >= 4 is 5.82 Å². The number of anilines is 1. The molecule has 236 valence electrons. The highest BCUT2D eigenvalue weighted by Crippen LogP contribution is 2.38. The van der Waals surface area contributed by atoms with Crippen molar-refractivity contribution in [2.75, 3.05) is 18.4 Å². The average molecular weight is 631 g/mol. The van der Waals surface area contributed by atoms with Gasteiger partial charge >= 0.3 is 6.18 Å². The van der Waals surface area contributed by atoms with Gasteiger partial charge in [-0.15, -0.1) is 10.2 Å². The number of nitrogens with zero attached hydrogens (tertiary/aromatic N) is 8. The van der Waals surface area contributed by atoms with Gasteiger partial charge in [0.15, 0.2) is 11.6 Å². The molecule has 5 aromatic rings. The molecule has 0 spiro atoms. The zero-order valence-electron chi connectivity index (χ0n) is 24.9. The highest BCUT2D eigenvalue weighted by Gasteiger charge is 2.32. The molecule has 46 heavy (non-hydrogen) atoms. The summed E-state index contributed by atoms with van der Waals surface area (Å²) in [5, 5.41) is 27.9. The van der Waals surface area contributed by atoms with E-state index in [2.05, 4.69) is 42.0 Å². The number of halogens is 4. The summed E-state index contributed by atoms with van der Waals surface area (Å²) < 4.78 is 59.7. The van der Waals surface area contributed by atoms with E-state index in [0.29, 0.717) is 65.9 Å². The van der Waals surface area contributed by atoms with Gasteiger partial charge in [-0.3, -0.25) is 0 Å². The first-order valence-corrected chi connectivity index (χ1v) is 14.8. The lowest BCUT2D eigenvalue weighted by Crippen LogP contribution is -2.17. The summed E-state index contributed by atoms with van der Waals surface area (Å²) in [5.41, 5.74) is 1.49. The number of hydrogen-bond acceptors (Lipinski definition) is 8. The van der Waals surface area contributed by atoms with Gasteiger partial charge in [-0.05, 0) is 85.3 Å². The van der Waals surface area contributed by atoms with Gasteiger partial charge in [0.05, 0.1) is 23.5 Å². The molecule has 0 amide bonds. The molecular formula is C32H30F4N10. The molecular weight excluding hydrogens is 600 g/mol. The molecule has 1 aliphatic carbocycles. The third kappa shape index (κ3) is 7.05. The van der Waals surface area contributed by atoms with Crippen molar-refractivity contribution in [1.82, 2.24) is 39.8 Å². The summed E-state index contributed by atoms with van der Waals surface area (Å²) in [4.78, 5) is 9.16. The van der Waals surface area contributed by atoms with E-state index in [9.17, 15) is 17.6 Å². The number of pyridine rings is 2. The fourth-order valence-electron chi connectivity index (χ4n) is 5.02. The fraction of sp³-hybridized carbons (Fsp3) is 0.312. The summed E-state index contributed by atoms with van der Waals surface area (Å²) in [6.07, 6.45) is 3.22. The van der Waals surface area contributed by atoms with Gasteiger partial charge in [0.25, 0.3) is 0 Å². The number of aromatic nitrogens is 7. The molecule has 4 heterocycles. The van der Waals surface area contributed by atoms with Crippen LogP contribution in [0.3, 0.4) is 0 Å². The summed E-state index contributed by atoms with van der Waals surface area (Å²) in [7, 11) is 1.70. The molecule has 0 unspecified atom stereocenters. The van der Waals surface area contributed by atoms with Crippen LogP contribution in [0.1, 0.15) is 36.9 Å². The molecule has 0 atom stereocenters. The second-order valence-electron chi connectivity index (χ2n) is 11.2. The second kappa shape index (κ2) is 13.1. The SMILES string of the molecule is Cn1cnnc1-c1ccc(C(F)(F)F)cc1-c1cc(NCCCC#N)nc(-n2cc(-c3nc(CNCC4CC4)ccc3F)cn2)c1. The molecule has 1 aliphatic rings. The number of rotatable bonds is 12. The number of nitriles is 1. The molecule has 0 aliphatic heterocycles.